The second-order valence-corrected chi connectivity index (χ2v) is 5.49. The molecule has 2 rings (SSSR count). The van der Waals surface area contributed by atoms with Crippen molar-refractivity contribution < 1.29 is 14.3 Å². The van der Waals surface area contributed by atoms with E-state index in [1.165, 1.54) is 6.92 Å². The van der Waals surface area contributed by atoms with Gasteiger partial charge in [0.2, 0.25) is 5.91 Å². The predicted molar refractivity (Wildman–Crippen MR) is 78.3 cm³/mol. The summed E-state index contributed by atoms with van der Waals surface area (Å²) in [6.45, 7) is 7.87. The lowest BCUT2D eigenvalue weighted by Gasteiger charge is -2.35. The maximum atomic E-state index is 12.4. The standard InChI is InChI=1S/C16H21NO3/c1-5-13-9-17(16(19)10(2)3)14-8-12(11(4)18)6-7-15(14)20-13/h6-8,10,13H,5,9H2,1-4H3. The van der Waals surface area contributed by atoms with Crippen LogP contribution in [0.1, 0.15) is 44.5 Å². The molecule has 1 atom stereocenters. The van der Waals surface area contributed by atoms with Gasteiger partial charge in [-0.2, -0.15) is 0 Å². The largest absolute Gasteiger partial charge is 0.486 e. The number of benzene rings is 1. The Morgan fingerprint density at radius 2 is 2.10 bits per heavy atom. The number of carbonyl (C=O) groups excluding carboxylic acids is 2. The minimum absolute atomic E-state index is 0.00776. The van der Waals surface area contributed by atoms with E-state index in [0.29, 0.717) is 23.5 Å². The topological polar surface area (TPSA) is 46.6 Å². The molecule has 0 aromatic heterocycles. The molecule has 0 spiro atoms. The Hall–Kier alpha value is -1.84. The second-order valence-electron chi connectivity index (χ2n) is 5.49. The van der Waals surface area contributed by atoms with E-state index in [0.717, 1.165) is 6.42 Å². The van der Waals surface area contributed by atoms with Gasteiger partial charge in [-0.1, -0.05) is 20.8 Å². The van der Waals surface area contributed by atoms with Crippen LogP contribution in [0.15, 0.2) is 18.2 Å². The SMILES string of the molecule is CCC1CN(C(=O)C(C)C)c2cc(C(C)=O)ccc2O1. The Bertz CT molecular complexity index is 537. The van der Waals surface area contributed by atoms with Gasteiger partial charge in [-0.25, -0.2) is 0 Å². The molecule has 0 saturated heterocycles. The average molecular weight is 275 g/mol. The minimum atomic E-state index is -0.0839. The third-order valence-corrected chi connectivity index (χ3v) is 3.55. The van der Waals surface area contributed by atoms with E-state index in [4.69, 9.17) is 4.74 Å². The number of ether oxygens (including phenoxy) is 1. The average Bonchev–Trinajstić information content (AvgIpc) is 2.44. The van der Waals surface area contributed by atoms with Crippen LogP contribution in [0.5, 0.6) is 5.75 Å². The summed E-state index contributed by atoms with van der Waals surface area (Å²) in [5.74, 6) is 0.651. The van der Waals surface area contributed by atoms with Crippen molar-refractivity contribution in [1.82, 2.24) is 0 Å². The van der Waals surface area contributed by atoms with Gasteiger partial charge in [-0.15, -0.1) is 0 Å². The number of hydrogen-bond donors (Lipinski definition) is 0. The smallest absolute Gasteiger partial charge is 0.229 e. The molecule has 0 radical (unpaired) electrons. The Morgan fingerprint density at radius 3 is 2.65 bits per heavy atom. The summed E-state index contributed by atoms with van der Waals surface area (Å²) < 4.78 is 5.87. The molecule has 1 aromatic rings. The van der Waals surface area contributed by atoms with Crippen LogP contribution in [-0.2, 0) is 4.79 Å². The van der Waals surface area contributed by atoms with Gasteiger partial charge in [0.05, 0.1) is 12.2 Å². The summed E-state index contributed by atoms with van der Waals surface area (Å²) in [7, 11) is 0. The van der Waals surface area contributed by atoms with Gasteiger partial charge in [0.1, 0.15) is 11.9 Å². The quantitative estimate of drug-likeness (QED) is 0.796. The molecule has 0 fully saturated rings. The molecule has 4 heteroatoms. The van der Waals surface area contributed by atoms with Crippen molar-refractivity contribution in [2.75, 3.05) is 11.4 Å². The third-order valence-electron chi connectivity index (χ3n) is 3.55. The summed E-state index contributed by atoms with van der Waals surface area (Å²) in [4.78, 5) is 25.7. The molecule has 4 nitrogen and oxygen atoms in total. The van der Waals surface area contributed by atoms with E-state index in [1.807, 2.05) is 20.8 Å². The van der Waals surface area contributed by atoms with Gasteiger partial charge in [0.25, 0.3) is 0 Å². The van der Waals surface area contributed by atoms with Crippen LogP contribution in [0.25, 0.3) is 0 Å². The molecule has 1 aliphatic rings. The maximum absolute atomic E-state index is 12.4. The fraction of sp³-hybridized carbons (Fsp3) is 0.500. The number of amides is 1. The van der Waals surface area contributed by atoms with E-state index in [-0.39, 0.29) is 23.7 Å². The number of anilines is 1. The molecule has 0 aliphatic carbocycles. The summed E-state index contributed by atoms with van der Waals surface area (Å²) in [6, 6.07) is 5.29. The molecule has 108 valence electrons. The first-order chi connectivity index (χ1) is 9.43. The van der Waals surface area contributed by atoms with Crippen molar-refractivity contribution in [2.24, 2.45) is 5.92 Å². The van der Waals surface area contributed by atoms with Gasteiger partial charge >= 0.3 is 0 Å². The van der Waals surface area contributed by atoms with Crippen LogP contribution in [0.4, 0.5) is 5.69 Å². The zero-order valence-corrected chi connectivity index (χ0v) is 12.5. The highest BCUT2D eigenvalue weighted by molar-refractivity contribution is 6.00. The van der Waals surface area contributed by atoms with Gasteiger partial charge in [0, 0.05) is 11.5 Å². The zero-order chi connectivity index (χ0) is 14.9. The number of Topliss-reactive ketones (excluding diaryl/α,β-unsaturated/α-hetero) is 1. The molecule has 0 saturated carbocycles. The molecular formula is C16H21NO3. The molecule has 1 unspecified atom stereocenters. The number of carbonyl (C=O) groups is 2. The fourth-order valence-corrected chi connectivity index (χ4v) is 2.30. The van der Waals surface area contributed by atoms with E-state index >= 15 is 0 Å². The lowest BCUT2D eigenvalue weighted by molar-refractivity contribution is -0.121. The first kappa shape index (κ1) is 14.6. The molecule has 1 aliphatic heterocycles. The Labute approximate surface area is 119 Å². The van der Waals surface area contributed by atoms with Crippen molar-refractivity contribution in [3.05, 3.63) is 23.8 Å². The van der Waals surface area contributed by atoms with Crippen LogP contribution in [0, 0.1) is 5.92 Å². The van der Waals surface area contributed by atoms with Crippen molar-refractivity contribution in [3.63, 3.8) is 0 Å². The molecule has 0 N–H and O–H groups in total. The van der Waals surface area contributed by atoms with E-state index < -0.39 is 0 Å². The second kappa shape index (κ2) is 5.65. The number of rotatable bonds is 3. The summed E-state index contributed by atoms with van der Waals surface area (Å²) >= 11 is 0. The van der Waals surface area contributed by atoms with Crippen LogP contribution < -0.4 is 9.64 Å². The number of fused-ring (bicyclic) bond motifs is 1. The number of nitrogens with zero attached hydrogens (tertiary/aromatic N) is 1. The minimum Gasteiger partial charge on any atom is -0.486 e. The first-order valence-electron chi connectivity index (χ1n) is 7.07. The third kappa shape index (κ3) is 2.69. The monoisotopic (exact) mass is 275 g/mol. The fourth-order valence-electron chi connectivity index (χ4n) is 2.30. The van der Waals surface area contributed by atoms with Crippen molar-refractivity contribution >= 4 is 17.4 Å². The van der Waals surface area contributed by atoms with Crippen molar-refractivity contribution in [2.45, 2.75) is 40.2 Å². The highest BCUT2D eigenvalue weighted by Crippen LogP contribution is 2.35. The Morgan fingerprint density at radius 1 is 1.40 bits per heavy atom. The van der Waals surface area contributed by atoms with Crippen LogP contribution in [0.3, 0.4) is 0 Å². The molecule has 1 heterocycles. The molecule has 1 amide bonds. The van der Waals surface area contributed by atoms with Crippen LogP contribution >= 0.6 is 0 Å². The molecular weight excluding hydrogens is 254 g/mol. The highest BCUT2D eigenvalue weighted by Gasteiger charge is 2.30. The van der Waals surface area contributed by atoms with Crippen LogP contribution in [-0.4, -0.2) is 24.3 Å². The first-order valence-corrected chi connectivity index (χ1v) is 7.07. The lowest BCUT2D eigenvalue weighted by Crippen LogP contribution is -2.45. The Balaban J connectivity index is 2.46. The van der Waals surface area contributed by atoms with Gasteiger partial charge < -0.3 is 9.64 Å². The van der Waals surface area contributed by atoms with Crippen LogP contribution in [0.2, 0.25) is 0 Å². The predicted octanol–water partition coefficient (Wildman–Crippen LogP) is 3.05. The van der Waals surface area contributed by atoms with Crippen molar-refractivity contribution in [3.8, 4) is 5.75 Å². The lowest BCUT2D eigenvalue weighted by atomic mass is 10.1. The number of ketones is 1. The van der Waals surface area contributed by atoms with Crippen molar-refractivity contribution in [1.29, 1.82) is 0 Å². The van der Waals surface area contributed by atoms with E-state index in [1.54, 1.807) is 23.1 Å². The zero-order valence-electron chi connectivity index (χ0n) is 12.5. The Kier molecular flexibility index (Phi) is 4.12. The molecule has 20 heavy (non-hydrogen) atoms. The van der Waals surface area contributed by atoms with E-state index in [2.05, 4.69) is 0 Å². The molecule has 1 aromatic carbocycles. The molecule has 0 bridgehead atoms. The van der Waals surface area contributed by atoms with Gasteiger partial charge in [0.15, 0.2) is 5.78 Å². The highest BCUT2D eigenvalue weighted by atomic mass is 16.5. The summed E-state index contributed by atoms with van der Waals surface area (Å²) in [5, 5.41) is 0. The summed E-state index contributed by atoms with van der Waals surface area (Å²) in [5.41, 5.74) is 1.31. The van der Waals surface area contributed by atoms with Gasteiger partial charge in [-0.05, 0) is 31.5 Å². The summed E-state index contributed by atoms with van der Waals surface area (Å²) in [6.07, 6.45) is 0.851. The maximum Gasteiger partial charge on any atom is 0.229 e. The van der Waals surface area contributed by atoms with Gasteiger partial charge in [-0.3, -0.25) is 9.59 Å². The normalized spacial score (nSPS) is 17.6. The van der Waals surface area contributed by atoms with E-state index in [9.17, 15) is 9.59 Å². The number of hydrogen-bond acceptors (Lipinski definition) is 3.